The average Bonchev–Trinajstić information content (AvgIpc) is 2.84. The van der Waals surface area contributed by atoms with Gasteiger partial charge in [-0.3, -0.25) is 4.79 Å². The van der Waals surface area contributed by atoms with E-state index in [1.165, 1.54) is 4.31 Å². The number of urea groups is 1. The molecule has 2 aromatic rings. The minimum absolute atomic E-state index is 0.105. The molecule has 0 aromatic heterocycles. The van der Waals surface area contributed by atoms with Gasteiger partial charge in [0.15, 0.2) is 0 Å². The summed E-state index contributed by atoms with van der Waals surface area (Å²) in [5.74, 6) is -0.380. The van der Waals surface area contributed by atoms with Crippen LogP contribution in [0.5, 0.6) is 0 Å². The Morgan fingerprint density at radius 2 is 1.70 bits per heavy atom. The lowest BCUT2D eigenvalue weighted by Gasteiger charge is -2.32. The van der Waals surface area contributed by atoms with Crippen molar-refractivity contribution in [1.82, 2.24) is 14.5 Å². The number of carbonyl (C=O) groups excluding carboxylic acids is 2. The molecule has 1 atom stereocenters. The maximum Gasteiger partial charge on any atom is 0.321 e. The summed E-state index contributed by atoms with van der Waals surface area (Å²) in [5, 5.41) is 5.79. The average molecular weight is 473 g/mol. The van der Waals surface area contributed by atoms with Crippen LogP contribution in [0.3, 0.4) is 0 Å². The van der Waals surface area contributed by atoms with Crippen LogP contribution in [0.25, 0.3) is 0 Å². The van der Waals surface area contributed by atoms with Crippen LogP contribution in [0.1, 0.15) is 32.3 Å². The molecule has 2 aromatic carbocycles. The highest BCUT2D eigenvalue weighted by Crippen LogP contribution is 2.19. The molecular weight excluding hydrogens is 440 g/mol. The quantitative estimate of drug-likeness (QED) is 0.616. The van der Waals surface area contributed by atoms with Crippen molar-refractivity contribution in [2.75, 3.05) is 31.5 Å². The van der Waals surface area contributed by atoms with Gasteiger partial charge in [-0.1, -0.05) is 44.2 Å². The number of nitrogens with zero attached hydrogens (tertiary/aromatic N) is 2. The van der Waals surface area contributed by atoms with Crippen molar-refractivity contribution >= 4 is 27.6 Å². The van der Waals surface area contributed by atoms with E-state index in [9.17, 15) is 18.0 Å². The number of hydrogen-bond donors (Lipinski definition) is 2. The van der Waals surface area contributed by atoms with Crippen LogP contribution in [0, 0.1) is 5.92 Å². The lowest BCUT2D eigenvalue weighted by Crippen LogP contribution is -2.46. The normalized spacial score (nSPS) is 16.5. The Morgan fingerprint density at radius 1 is 1.03 bits per heavy atom. The van der Waals surface area contributed by atoms with Crippen molar-refractivity contribution in [2.24, 2.45) is 5.92 Å². The number of rotatable bonds is 8. The highest BCUT2D eigenvalue weighted by atomic mass is 32.2. The number of likely N-dealkylation sites (tertiary alicyclic amines) is 1. The second kappa shape index (κ2) is 11.3. The summed E-state index contributed by atoms with van der Waals surface area (Å²) in [6.07, 6.45) is 1.49. The van der Waals surface area contributed by atoms with Gasteiger partial charge in [-0.25, -0.2) is 13.2 Å². The van der Waals surface area contributed by atoms with Gasteiger partial charge < -0.3 is 15.5 Å². The molecule has 1 unspecified atom stereocenters. The fourth-order valence-corrected chi connectivity index (χ4v) is 5.38. The first-order valence-electron chi connectivity index (χ1n) is 11.3. The summed E-state index contributed by atoms with van der Waals surface area (Å²) in [4.78, 5) is 27.2. The minimum Gasteiger partial charge on any atom is -0.352 e. The predicted octanol–water partition coefficient (Wildman–Crippen LogP) is 3.28. The molecule has 3 amide bonds. The lowest BCUT2D eigenvalue weighted by molar-refractivity contribution is -0.126. The van der Waals surface area contributed by atoms with Gasteiger partial charge in [-0.15, -0.1) is 0 Å². The van der Waals surface area contributed by atoms with Gasteiger partial charge >= 0.3 is 6.03 Å². The molecule has 1 fully saturated rings. The lowest BCUT2D eigenvalue weighted by atomic mass is 9.97. The van der Waals surface area contributed by atoms with E-state index < -0.39 is 10.0 Å². The third-order valence-electron chi connectivity index (χ3n) is 5.84. The van der Waals surface area contributed by atoms with Crippen LogP contribution in [0.4, 0.5) is 10.5 Å². The van der Waals surface area contributed by atoms with Crippen LogP contribution < -0.4 is 10.6 Å². The summed E-state index contributed by atoms with van der Waals surface area (Å²) >= 11 is 0. The molecule has 0 bridgehead atoms. The van der Waals surface area contributed by atoms with E-state index in [1.54, 1.807) is 29.2 Å². The van der Waals surface area contributed by atoms with Gasteiger partial charge in [0.2, 0.25) is 15.9 Å². The number of anilines is 1. The maximum atomic E-state index is 12.7. The molecular formula is C24H32N4O4S. The molecule has 1 saturated heterocycles. The molecule has 33 heavy (non-hydrogen) atoms. The summed E-state index contributed by atoms with van der Waals surface area (Å²) < 4.78 is 26.6. The van der Waals surface area contributed by atoms with Crippen LogP contribution >= 0.6 is 0 Å². The molecule has 0 radical (unpaired) electrons. The highest BCUT2D eigenvalue weighted by Gasteiger charge is 2.28. The zero-order valence-electron chi connectivity index (χ0n) is 19.2. The van der Waals surface area contributed by atoms with Crippen molar-refractivity contribution in [3.8, 4) is 0 Å². The Morgan fingerprint density at radius 3 is 2.33 bits per heavy atom. The Labute approximate surface area is 196 Å². The molecule has 178 valence electrons. The second-order valence-corrected chi connectivity index (χ2v) is 9.97. The molecule has 2 N–H and O–H groups in total. The van der Waals surface area contributed by atoms with Gasteiger partial charge in [0.1, 0.15) is 0 Å². The van der Waals surface area contributed by atoms with E-state index in [0.29, 0.717) is 32.7 Å². The standard InChI is InChI=1S/C24H32N4O4S/c1-3-28(4-2)33(31,32)22-14-12-19(13-15-22)17-25-23(29)20-9-8-16-27(18-20)24(30)26-21-10-6-5-7-11-21/h5-7,10-15,20H,3-4,8-9,16-18H2,1-2H3,(H,25,29)(H,26,30). The molecule has 9 heteroatoms. The van der Waals surface area contributed by atoms with Gasteiger partial charge in [0, 0.05) is 38.4 Å². The summed E-state index contributed by atoms with van der Waals surface area (Å²) in [6, 6.07) is 15.6. The van der Waals surface area contributed by atoms with E-state index in [2.05, 4.69) is 10.6 Å². The van der Waals surface area contributed by atoms with E-state index in [4.69, 9.17) is 0 Å². The number of benzene rings is 2. The van der Waals surface area contributed by atoms with Gasteiger partial charge in [-0.2, -0.15) is 4.31 Å². The van der Waals surface area contributed by atoms with Crippen molar-refractivity contribution < 1.29 is 18.0 Å². The van der Waals surface area contributed by atoms with E-state index in [1.807, 2.05) is 44.2 Å². The van der Waals surface area contributed by atoms with Gasteiger partial charge in [0.05, 0.1) is 10.8 Å². The molecule has 0 aliphatic carbocycles. The predicted molar refractivity (Wildman–Crippen MR) is 128 cm³/mol. The van der Waals surface area contributed by atoms with Crippen LogP contribution in [-0.2, 0) is 21.4 Å². The number of sulfonamides is 1. The molecule has 3 rings (SSSR count). The van der Waals surface area contributed by atoms with E-state index >= 15 is 0 Å². The number of piperidine rings is 1. The third kappa shape index (κ3) is 6.33. The molecule has 0 spiro atoms. The molecule has 1 heterocycles. The minimum atomic E-state index is -3.50. The smallest absolute Gasteiger partial charge is 0.321 e. The highest BCUT2D eigenvalue weighted by molar-refractivity contribution is 7.89. The van der Waals surface area contributed by atoms with Crippen LogP contribution in [0.15, 0.2) is 59.5 Å². The Kier molecular flexibility index (Phi) is 8.46. The first-order valence-corrected chi connectivity index (χ1v) is 12.8. The summed E-state index contributed by atoms with van der Waals surface area (Å²) in [5.41, 5.74) is 1.54. The van der Waals surface area contributed by atoms with Gasteiger partial charge in [-0.05, 0) is 42.7 Å². The zero-order valence-corrected chi connectivity index (χ0v) is 20.0. The van der Waals surface area contributed by atoms with Crippen molar-refractivity contribution in [1.29, 1.82) is 0 Å². The topological polar surface area (TPSA) is 98.8 Å². The van der Waals surface area contributed by atoms with Crippen LogP contribution in [-0.4, -0.2) is 55.7 Å². The second-order valence-electron chi connectivity index (χ2n) is 8.03. The van der Waals surface area contributed by atoms with Crippen molar-refractivity contribution in [2.45, 2.75) is 38.1 Å². The summed E-state index contributed by atoms with van der Waals surface area (Å²) in [6.45, 7) is 5.73. The molecule has 8 nitrogen and oxygen atoms in total. The number of hydrogen-bond acceptors (Lipinski definition) is 4. The van der Waals surface area contributed by atoms with Crippen molar-refractivity contribution in [3.63, 3.8) is 0 Å². The molecule has 1 aliphatic heterocycles. The third-order valence-corrected chi connectivity index (χ3v) is 7.90. The Bertz CT molecular complexity index is 1040. The van der Waals surface area contributed by atoms with E-state index in [0.717, 1.165) is 24.1 Å². The largest absolute Gasteiger partial charge is 0.352 e. The fourth-order valence-electron chi connectivity index (χ4n) is 3.93. The molecule has 1 aliphatic rings. The maximum absolute atomic E-state index is 12.7. The number of amides is 3. The summed E-state index contributed by atoms with van der Waals surface area (Å²) in [7, 11) is -3.50. The van der Waals surface area contributed by atoms with Crippen LogP contribution in [0.2, 0.25) is 0 Å². The first-order chi connectivity index (χ1) is 15.8. The zero-order chi connectivity index (χ0) is 23.8. The monoisotopic (exact) mass is 472 g/mol. The Hall–Kier alpha value is -2.91. The SMILES string of the molecule is CCN(CC)S(=O)(=O)c1ccc(CNC(=O)C2CCCN(C(=O)Nc3ccccc3)C2)cc1. The van der Waals surface area contributed by atoms with Gasteiger partial charge in [0.25, 0.3) is 0 Å². The molecule has 0 saturated carbocycles. The Balaban J connectivity index is 1.53. The number of para-hydroxylation sites is 1. The first kappa shape index (κ1) is 24.7. The number of carbonyl (C=O) groups is 2. The number of nitrogens with one attached hydrogen (secondary N) is 2. The fraction of sp³-hybridized carbons (Fsp3) is 0.417. The van der Waals surface area contributed by atoms with E-state index in [-0.39, 0.29) is 22.8 Å². The van der Waals surface area contributed by atoms with Crippen molar-refractivity contribution in [3.05, 3.63) is 60.2 Å².